The van der Waals surface area contributed by atoms with Crippen molar-refractivity contribution < 1.29 is 14.7 Å². The zero-order chi connectivity index (χ0) is 15.2. The highest BCUT2D eigenvalue weighted by molar-refractivity contribution is 7.14. The van der Waals surface area contributed by atoms with Gasteiger partial charge in [-0.15, -0.1) is 11.3 Å². The van der Waals surface area contributed by atoms with E-state index in [1.165, 1.54) is 28.2 Å². The molecule has 0 fully saturated rings. The van der Waals surface area contributed by atoms with Gasteiger partial charge in [0.2, 0.25) is 5.91 Å². The third kappa shape index (κ3) is 4.04. The fourth-order valence-electron chi connectivity index (χ4n) is 2.54. The van der Waals surface area contributed by atoms with Gasteiger partial charge in [0.1, 0.15) is 0 Å². The zero-order valence-electron chi connectivity index (χ0n) is 12.4. The van der Waals surface area contributed by atoms with Crippen LogP contribution in [-0.2, 0) is 17.6 Å². The van der Waals surface area contributed by atoms with E-state index < -0.39 is 0 Å². The van der Waals surface area contributed by atoms with Gasteiger partial charge in [-0.25, -0.2) is 0 Å². The molecular weight excluding hydrogens is 288 g/mol. The second-order valence-electron chi connectivity index (χ2n) is 5.15. The molecule has 116 valence electrons. The molecule has 2 N–H and O–H groups in total. The Balaban J connectivity index is 1.89. The molecular formula is C15H22N2O3S. The summed E-state index contributed by atoms with van der Waals surface area (Å²) in [6.45, 7) is 2.60. The summed E-state index contributed by atoms with van der Waals surface area (Å²) in [6, 6.07) is 1.96. The molecule has 0 spiro atoms. The Kier molecular flexibility index (Phi) is 5.76. The minimum atomic E-state index is -0.178. The van der Waals surface area contributed by atoms with Crippen molar-refractivity contribution in [3.8, 4) is 0 Å². The molecule has 0 saturated carbocycles. The summed E-state index contributed by atoms with van der Waals surface area (Å²) in [4.78, 5) is 27.5. The van der Waals surface area contributed by atoms with Crippen molar-refractivity contribution in [2.45, 2.75) is 32.6 Å². The first-order chi connectivity index (χ1) is 10.2. The normalized spacial score (nSPS) is 13.6. The number of nitrogens with one attached hydrogen (secondary N) is 1. The molecule has 0 bridgehead atoms. The van der Waals surface area contributed by atoms with Gasteiger partial charge in [0, 0.05) is 18.0 Å². The second kappa shape index (κ2) is 7.56. The number of carbonyl (C=O) groups is 2. The predicted octanol–water partition coefficient (Wildman–Crippen LogP) is 1.20. The van der Waals surface area contributed by atoms with Gasteiger partial charge in [-0.05, 0) is 44.2 Å². The number of rotatable bonds is 6. The first-order valence-corrected chi connectivity index (χ1v) is 8.25. The lowest BCUT2D eigenvalue weighted by Gasteiger charge is -2.19. The number of hydrogen-bond donors (Lipinski definition) is 2. The smallest absolute Gasteiger partial charge is 0.261 e. The van der Waals surface area contributed by atoms with Crippen LogP contribution in [0.2, 0.25) is 0 Å². The third-order valence-electron chi connectivity index (χ3n) is 3.72. The van der Waals surface area contributed by atoms with Crippen LogP contribution in [0.4, 0.5) is 0 Å². The molecule has 2 rings (SSSR count). The minimum absolute atomic E-state index is 0.0186. The van der Waals surface area contributed by atoms with Crippen LogP contribution in [0.25, 0.3) is 0 Å². The van der Waals surface area contributed by atoms with Crippen molar-refractivity contribution in [3.05, 3.63) is 21.4 Å². The number of likely N-dealkylation sites (N-methyl/N-ethyl adjacent to an activating group) is 1. The van der Waals surface area contributed by atoms with Crippen molar-refractivity contribution in [3.63, 3.8) is 0 Å². The van der Waals surface area contributed by atoms with Gasteiger partial charge in [-0.2, -0.15) is 0 Å². The van der Waals surface area contributed by atoms with Gasteiger partial charge < -0.3 is 15.3 Å². The number of hydrogen-bond acceptors (Lipinski definition) is 4. The van der Waals surface area contributed by atoms with Gasteiger partial charge in [0.15, 0.2) is 0 Å². The maximum Gasteiger partial charge on any atom is 0.261 e. The van der Waals surface area contributed by atoms with Crippen molar-refractivity contribution >= 4 is 23.2 Å². The number of nitrogens with zero attached hydrogens (tertiary/aromatic N) is 1. The Morgan fingerprint density at radius 1 is 1.38 bits per heavy atom. The summed E-state index contributed by atoms with van der Waals surface area (Å²) in [5.74, 6) is -0.343. The summed E-state index contributed by atoms with van der Waals surface area (Å²) >= 11 is 1.54. The molecule has 0 unspecified atom stereocenters. The van der Waals surface area contributed by atoms with E-state index in [0.717, 1.165) is 12.8 Å². The average Bonchev–Trinajstić information content (AvgIpc) is 2.94. The fourth-order valence-corrected chi connectivity index (χ4v) is 3.71. The molecule has 0 atom stereocenters. The molecule has 1 aliphatic rings. The Labute approximate surface area is 129 Å². The second-order valence-corrected chi connectivity index (χ2v) is 6.28. The Bertz CT molecular complexity index is 490. The summed E-state index contributed by atoms with van der Waals surface area (Å²) in [6.07, 6.45) is 4.50. The highest BCUT2D eigenvalue weighted by Crippen LogP contribution is 2.29. The Morgan fingerprint density at radius 2 is 2.14 bits per heavy atom. The molecule has 1 aliphatic carbocycles. The van der Waals surface area contributed by atoms with E-state index in [4.69, 9.17) is 5.11 Å². The third-order valence-corrected chi connectivity index (χ3v) is 4.96. The van der Waals surface area contributed by atoms with Crippen molar-refractivity contribution in [1.29, 1.82) is 0 Å². The fraction of sp³-hybridized carbons (Fsp3) is 0.600. The van der Waals surface area contributed by atoms with Crippen molar-refractivity contribution in [2.75, 3.05) is 26.2 Å². The van der Waals surface area contributed by atoms with Gasteiger partial charge in [0.05, 0.1) is 18.0 Å². The maximum absolute atomic E-state index is 12.1. The van der Waals surface area contributed by atoms with E-state index in [0.29, 0.717) is 18.0 Å². The van der Waals surface area contributed by atoms with Crippen molar-refractivity contribution in [2.24, 2.45) is 0 Å². The van der Waals surface area contributed by atoms with E-state index in [1.54, 1.807) is 11.3 Å². The number of aliphatic hydroxyl groups is 1. The number of aliphatic hydroxyl groups excluding tert-OH is 1. The van der Waals surface area contributed by atoms with Crippen LogP contribution < -0.4 is 5.32 Å². The highest BCUT2D eigenvalue weighted by Gasteiger charge is 2.18. The van der Waals surface area contributed by atoms with E-state index >= 15 is 0 Å². The molecule has 0 radical (unpaired) electrons. The van der Waals surface area contributed by atoms with Gasteiger partial charge in [-0.3, -0.25) is 9.59 Å². The van der Waals surface area contributed by atoms with E-state index in [2.05, 4.69) is 5.32 Å². The summed E-state index contributed by atoms with van der Waals surface area (Å²) < 4.78 is 0. The van der Waals surface area contributed by atoms with E-state index in [-0.39, 0.29) is 25.0 Å². The van der Waals surface area contributed by atoms with Crippen LogP contribution in [0.1, 0.15) is 39.9 Å². The van der Waals surface area contributed by atoms with Gasteiger partial charge >= 0.3 is 0 Å². The number of aryl methyl sites for hydroxylation is 2. The quantitative estimate of drug-likeness (QED) is 0.829. The lowest BCUT2D eigenvalue weighted by atomic mass is 9.99. The standard InChI is InChI=1S/C15H22N2O3S/c1-2-17(7-8-18)14(19)10-16-15(20)13-9-11-5-3-4-6-12(11)21-13/h9,18H,2-8,10H2,1H3,(H,16,20). The molecule has 5 nitrogen and oxygen atoms in total. The molecule has 1 aromatic rings. The molecule has 21 heavy (non-hydrogen) atoms. The largest absolute Gasteiger partial charge is 0.395 e. The van der Waals surface area contributed by atoms with Crippen LogP contribution in [0.3, 0.4) is 0 Å². The molecule has 0 aliphatic heterocycles. The minimum Gasteiger partial charge on any atom is -0.395 e. The Morgan fingerprint density at radius 3 is 2.81 bits per heavy atom. The first-order valence-electron chi connectivity index (χ1n) is 7.44. The summed E-state index contributed by atoms with van der Waals surface area (Å²) in [5, 5.41) is 11.6. The number of thiophene rings is 1. The lowest BCUT2D eigenvalue weighted by Crippen LogP contribution is -2.41. The summed E-state index contributed by atoms with van der Waals surface area (Å²) in [5.41, 5.74) is 1.29. The SMILES string of the molecule is CCN(CCO)C(=O)CNC(=O)c1cc2c(s1)CCCC2. The molecule has 1 aromatic heterocycles. The maximum atomic E-state index is 12.1. The molecule has 6 heteroatoms. The van der Waals surface area contributed by atoms with Crippen molar-refractivity contribution in [1.82, 2.24) is 10.2 Å². The monoisotopic (exact) mass is 310 g/mol. The first kappa shape index (κ1) is 16.0. The molecule has 1 heterocycles. The van der Waals surface area contributed by atoms with E-state index in [1.807, 2.05) is 13.0 Å². The number of fused-ring (bicyclic) bond motifs is 1. The average molecular weight is 310 g/mol. The van der Waals surface area contributed by atoms with Gasteiger partial charge in [-0.1, -0.05) is 0 Å². The van der Waals surface area contributed by atoms with E-state index in [9.17, 15) is 9.59 Å². The lowest BCUT2D eigenvalue weighted by molar-refractivity contribution is -0.130. The molecule has 0 aromatic carbocycles. The van der Waals surface area contributed by atoms with Crippen LogP contribution in [-0.4, -0.2) is 48.1 Å². The molecule has 2 amide bonds. The van der Waals surface area contributed by atoms with Crippen LogP contribution >= 0.6 is 11.3 Å². The summed E-state index contributed by atoms with van der Waals surface area (Å²) in [7, 11) is 0. The molecule has 0 saturated heterocycles. The zero-order valence-corrected chi connectivity index (χ0v) is 13.2. The van der Waals surface area contributed by atoms with Crippen LogP contribution in [0.5, 0.6) is 0 Å². The predicted molar refractivity (Wildman–Crippen MR) is 82.6 cm³/mol. The Hall–Kier alpha value is -1.40. The van der Waals surface area contributed by atoms with Crippen LogP contribution in [0.15, 0.2) is 6.07 Å². The topological polar surface area (TPSA) is 69.6 Å². The van der Waals surface area contributed by atoms with Gasteiger partial charge in [0.25, 0.3) is 5.91 Å². The number of carbonyl (C=O) groups excluding carboxylic acids is 2. The van der Waals surface area contributed by atoms with Crippen LogP contribution in [0, 0.1) is 0 Å². The number of amides is 2. The highest BCUT2D eigenvalue weighted by atomic mass is 32.1.